The number of ether oxygens (including phenoxy) is 1. The maximum Gasteiger partial charge on any atom is 0.269 e. The lowest BCUT2D eigenvalue weighted by atomic mass is 9.97. The van der Waals surface area contributed by atoms with Gasteiger partial charge in [0.15, 0.2) is 0 Å². The molecule has 1 aromatic carbocycles. The van der Waals surface area contributed by atoms with Crippen LogP contribution in [0.4, 0.5) is 0 Å². The zero-order chi connectivity index (χ0) is 19.2. The molecule has 1 saturated heterocycles. The molecule has 0 saturated carbocycles. The van der Waals surface area contributed by atoms with Gasteiger partial charge in [0, 0.05) is 25.2 Å². The first-order chi connectivity index (χ1) is 13.1. The van der Waals surface area contributed by atoms with Gasteiger partial charge in [-0.15, -0.1) is 0 Å². The monoisotopic (exact) mass is 371 g/mol. The van der Waals surface area contributed by atoms with Crippen LogP contribution in [-0.4, -0.2) is 60.2 Å². The number of methoxy groups -OCH3 is 1. The molecule has 0 aliphatic carbocycles. The molecule has 0 bridgehead atoms. The number of hydrogen-bond donors (Lipinski definition) is 3. The number of carbonyl (C=O) groups excluding carboxylic acids is 2. The van der Waals surface area contributed by atoms with Crippen LogP contribution < -0.4 is 15.8 Å². The number of nitrogens with two attached hydrogens (primary N) is 1. The SMILES string of the molecule is COc1cccc(-c2cc(C(=O)NCCN3CCCC(C(N)=O)C3)[nH]n2)c1. The minimum absolute atomic E-state index is 0.0903. The Morgan fingerprint density at radius 2 is 2.26 bits per heavy atom. The molecule has 0 radical (unpaired) electrons. The molecule has 1 aromatic heterocycles. The van der Waals surface area contributed by atoms with Crippen molar-refractivity contribution < 1.29 is 14.3 Å². The number of hydrogen-bond acceptors (Lipinski definition) is 5. The number of nitrogens with one attached hydrogen (secondary N) is 2. The lowest BCUT2D eigenvalue weighted by molar-refractivity contribution is -0.123. The van der Waals surface area contributed by atoms with Gasteiger partial charge in [0.25, 0.3) is 5.91 Å². The molecule has 1 atom stereocenters. The van der Waals surface area contributed by atoms with Crippen LogP contribution in [0.3, 0.4) is 0 Å². The van der Waals surface area contributed by atoms with Crippen molar-refractivity contribution in [3.8, 4) is 17.0 Å². The largest absolute Gasteiger partial charge is 0.497 e. The van der Waals surface area contributed by atoms with Crippen LogP contribution in [0.2, 0.25) is 0 Å². The summed E-state index contributed by atoms with van der Waals surface area (Å²) in [5, 5.41) is 9.87. The van der Waals surface area contributed by atoms with Crippen LogP contribution >= 0.6 is 0 Å². The van der Waals surface area contributed by atoms with E-state index < -0.39 is 0 Å². The molecular formula is C19H25N5O3. The quantitative estimate of drug-likeness (QED) is 0.672. The molecule has 2 heterocycles. The zero-order valence-corrected chi connectivity index (χ0v) is 15.4. The number of amides is 2. The molecule has 0 spiro atoms. The highest BCUT2D eigenvalue weighted by molar-refractivity contribution is 5.93. The molecule has 144 valence electrons. The summed E-state index contributed by atoms with van der Waals surface area (Å²) in [6.45, 7) is 2.77. The number of carbonyl (C=O) groups is 2. The number of rotatable bonds is 7. The third-order valence-electron chi connectivity index (χ3n) is 4.81. The van der Waals surface area contributed by atoms with E-state index in [0.717, 1.165) is 30.7 Å². The molecule has 8 nitrogen and oxygen atoms in total. The average Bonchev–Trinajstić information content (AvgIpc) is 3.18. The van der Waals surface area contributed by atoms with Crippen LogP contribution in [0.15, 0.2) is 30.3 Å². The smallest absolute Gasteiger partial charge is 0.269 e. The van der Waals surface area contributed by atoms with Gasteiger partial charge >= 0.3 is 0 Å². The molecule has 1 aliphatic rings. The van der Waals surface area contributed by atoms with E-state index in [-0.39, 0.29) is 17.7 Å². The predicted octanol–water partition coefficient (Wildman–Crippen LogP) is 1.01. The van der Waals surface area contributed by atoms with Crippen LogP contribution in [0.25, 0.3) is 11.3 Å². The topological polar surface area (TPSA) is 113 Å². The molecule has 2 amide bonds. The maximum absolute atomic E-state index is 12.3. The molecule has 2 aromatic rings. The van der Waals surface area contributed by atoms with Crippen molar-refractivity contribution in [1.29, 1.82) is 0 Å². The summed E-state index contributed by atoms with van der Waals surface area (Å²) in [6, 6.07) is 9.22. The first-order valence-electron chi connectivity index (χ1n) is 9.06. The Bertz CT molecular complexity index is 804. The zero-order valence-electron chi connectivity index (χ0n) is 15.4. The van der Waals surface area contributed by atoms with Gasteiger partial charge in [-0.05, 0) is 37.6 Å². The summed E-state index contributed by atoms with van der Waals surface area (Å²) in [4.78, 5) is 25.8. The van der Waals surface area contributed by atoms with Crippen LogP contribution in [-0.2, 0) is 4.79 Å². The second-order valence-corrected chi connectivity index (χ2v) is 6.70. The summed E-state index contributed by atoms with van der Waals surface area (Å²) in [7, 11) is 1.61. The second kappa shape index (κ2) is 8.68. The number of primary amides is 1. The molecule has 3 rings (SSSR count). The number of nitrogens with zero attached hydrogens (tertiary/aromatic N) is 2. The molecule has 1 fully saturated rings. The Morgan fingerprint density at radius 3 is 3.04 bits per heavy atom. The fraction of sp³-hybridized carbons (Fsp3) is 0.421. The number of aromatic nitrogens is 2. The first-order valence-corrected chi connectivity index (χ1v) is 9.06. The van der Waals surface area contributed by atoms with Gasteiger partial charge in [0.2, 0.25) is 5.91 Å². The van der Waals surface area contributed by atoms with Crippen molar-refractivity contribution in [2.75, 3.05) is 33.3 Å². The summed E-state index contributed by atoms with van der Waals surface area (Å²) < 4.78 is 5.21. The van der Waals surface area contributed by atoms with Crippen molar-refractivity contribution in [1.82, 2.24) is 20.4 Å². The van der Waals surface area contributed by atoms with Gasteiger partial charge in [-0.25, -0.2) is 0 Å². The number of aromatic amines is 1. The molecule has 4 N–H and O–H groups in total. The highest BCUT2D eigenvalue weighted by Gasteiger charge is 2.23. The highest BCUT2D eigenvalue weighted by atomic mass is 16.5. The van der Waals surface area contributed by atoms with Crippen molar-refractivity contribution in [2.24, 2.45) is 11.7 Å². The molecule has 8 heteroatoms. The third-order valence-corrected chi connectivity index (χ3v) is 4.81. The summed E-state index contributed by atoms with van der Waals surface area (Å²) in [5.41, 5.74) is 7.35. The Morgan fingerprint density at radius 1 is 1.41 bits per heavy atom. The van der Waals surface area contributed by atoms with E-state index in [0.29, 0.717) is 31.0 Å². The maximum atomic E-state index is 12.3. The van der Waals surface area contributed by atoms with Crippen molar-refractivity contribution in [2.45, 2.75) is 12.8 Å². The summed E-state index contributed by atoms with van der Waals surface area (Å²) in [6.07, 6.45) is 1.80. The van der Waals surface area contributed by atoms with Crippen molar-refractivity contribution in [3.05, 3.63) is 36.0 Å². The lowest BCUT2D eigenvalue weighted by Crippen LogP contribution is -2.44. The third kappa shape index (κ3) is 4.85. The molecular weight excluding hydrogens is 346 g/mol. The number of H-pyrrole nitrogens is 1. The summed E-state index contributed by atoms with van der Waals surface area (Å²) in [5.74, 6) is 0.191. The van der Waals surface area contributed by atoms with Gasteiger partial charge in [-0.2, -0.15) is 5.10 Å². The Balaban J connectivity index is 1.51. The normalized spacial score (nSPS) is 17.4. The highest BCUT2D eigenvalue weighted by Crippen LogP contribution is 2.22. The van der Waals surface area contributed by atoms with E-state index in [1.54, 1.807) is 13.2 Å². The van der Waals surface area contributed by atoms with Crippen LogP contribution in [0.1, 0.15) is 23.3 Å². The van der Waals surface area contributed by atoms with Crippen molar-refractivity contribution in [3.63, 3.8) is 0 Å². The average molecular weight is 371 g/mol. The van der Waals surface area contributed by atoms with Gasteiger partial charge < -0.3 is 20.7 Å². The van der Waals surface area contributed by atoms with E-state index in [2.05, 4.69) is 20.4 Å². The van der Waals surface area contributed by atoms with E-state index in [9.17, 15) is 9.59 Å². The predicted molar refractivity (Wildman–Crippen MR) is 101 cm³/mol. The Hall–Kier alpha value is -2.87. The minimum Gasteiger partial charge on any atom is -0.497 e. The summed E-state index contributed by atoms with van der Waals surface area (Å²) >= 11 is 0. The van der Waals surface area contributed by atoms with Gasteiger partial charge in [0.05, 0.1) is 18.7 Å². The van der Waals surface area contributed by atoms with Crippen molar-refractivity contribution >= 4 is 11.8 Å². The standard InChI is InChI=1S/C19H25N5O3/c1-27-15-6-2-4-13(10-15)16-11-17(23-22-16)19(26)21-7-9-24-8-3-5-14(12-24)18(20)25/h2,4,6,10-11,14H,3,5,7-9,12H2,1H3,(H2,20,25)(H,21,26)(H,22,23). The number of likely N-dealkylation sites (tertiary alicyclic amines) is 1. The lowest BCUT2D eigenvalue weighted by Gasteiger charge is -2.30. The number of piperidine rings is 1. The Labute approximate surface area is 158 Å². The molecule has 1 aliphatic heterocycles. The fourth-order valence-electron chi connectivity index (χ4n) is 3.28. The van der Waals surface area contributed by atoms with E-state index >= 15 is 0 Å². The van der Waals surface area contributed by atoms with Gasteiger partial charge in [0.1, 0.15) is 11.4 Å². The van der Waals surface area contributed by atoms with Gasteiger partial charge in [-0.1, -0.05) is 12.1 Å². The van der Waals surface area contributed by atoms with Crippen LogP contribution in [0.5, 0.6) is 5.75 Å². The van der Waals surface area contributed by atoms with Crippen LogP contribution in [0, 0.1) is 5.92 Å². The molecule has 1 unspecified atom stereocenters. The molecule has 27 heavy (non-hydrogen) atoms. The van der Waals surface area contributed by atoms with E-state index in [4.69, 9.17) is 10.5 Å². The van der Waals surface area contributed by atoms with Gasteiger partial charge in [-0.3, -0.25) is 14.7 Å². The number of benzene rings is 1. The fourth-order valence-corrected chi connectivity index (χ4v) is 3.28. The second-order valence-electron chi connectivity index (χ2n) is 6.70. The minimum atomic E-state index is -0.244. The first kappa shape index (κ1) is 18.9. The Kier molecular flexibility index (Phi) is 6.08. The van der Waals surface area contributed by atoms with E-state index in [1.165, 1.54) is 0 Å². The van der Waals surface area contributed by atoms with E-state index in [1.807, 2.05) is 24.3 Å².